The van der Waals surface area contributed by atoms with Crippen molar-refractivity contribution >= 4 is 17.5 Å². The first-order chi connectivity index (χ1) is 11.1. The number of rotatable bonds is 7. The Hall–Kier alpha value is -1.88. The number of amides is 2. The minimum Gasteiger partial charge on any atom is -0.354 e. The predicted molar refractivity (Wildman–Crippen MR) is 99.1 cm³/mol. The van der Waals surface area contributed by atoms with Crippen molar-refractivity contribution in [2.45, 2.75) is 54.0 Å². The van der Waals surface area contributed by atoms with E-state index in [0.717, 1.165) is 11.3 Å². The molecule has 5 heteroatoms. The van der Waals surface area contributed by atoms with Gasteiger partial charge in [0.25, 0.3) is 0 Å². The molecule has 0 saturated heterocycles. The maximum absolute atomic E-state index is 12.1. The molecule has 0 spiro atoms. The van der Waals surface area contributed by atoms with Crippen LogP contribution in [0.25, 0.3) is 0 Å². The largest absolute Gasteiger partial charge is 0.354 e. The van der Waals surface area contributed by atoms with Gasteiger partial charge in [-0.15, -0.1) is 0 Å². The third-order valence-corrected chi connectivity index (χ3v) is 3.73. The quantitative estimate of drug-likeness (QED) is 0.672. The molecule has 0 saturated carbocycles. The average molecular weight is 333 g/mol. The zero-order chi connectivity index (χ0) is 18.3. The van der Waals surface area contributed by atoms with Gasteiger partial charge in [-0.3, -0.25) is 9.59 Å². The van der Waals surface area contributed by atoms with Crippen LogP contribution >= 0.6 is 0 Å². The first kappa shape index (κ1) is 20.2. The van der Waals surface area contributed by atoms with Crippen LogP contribution in [0, 0.1) is 19.3 Å². The van der Waals surface area contributed by atoms with Crippen molar-refractivity contribution < 1.29 is 9.59 Å². The second-order valence-electron chi connectivity index (χ2n) is 7.43. The number of hydrogen-bond donors (Lipinski definition) is 3. The first-order valence-corrected chi connectivity index (χ1v) is 8.48. The predicted octanol–water partition coefficient (Wildman–Crippen LogP) is 2.77. The summed E-state index contributed by atoms with van der Waals surface area (Å²) in [6, 6.07) is 6.02. The molecule has 1 atom stereocenters. The van der Waals surface area contributed by atoms with Gasteiger partial charge in [0.15, 0.2) is 0 Å². The van der Waals surface area contributed by atoms with Crippen LogP contribution < -0.4 is 16.0 Å². The van der Waals surface area contributed by atoms with Gasteiger partial charge in [0.2, 0.25) is 11.8 Å². The topological polar surface area (TPSA) is 70.2 Å². The summed E-state index contributed by atoms with van der Waals surface area (Å²) in [6.45, 7) is 12.8. The fraction of sp³-hybridized carbons (Fsp3) is 0.579. The standard InChI is InChI=1S/C19H31N3O2/c1-13-7-8-16(14(2)11-13)22-17(23)12-15(3)20-9-10-21-18(24)19(4,5)6/h7-8,11,15,20H,9-10,12H2,1-6H3,(H,21,24)(H,22,23)/t15-/m0/s1. The highest BCUT2D eigenvalue weighted by atomic mass is 16.2. The second kappa shape index (κ2) is 8.83. The van der Waals surface area contributed by atoms with Crippen LogP contribution in [0.1, 0.15) is 45.2 Å². The third-order valence-electron chi connectivity index (χ3n) is 3.73. The van der Waals surface area contributed by atoms with Gasteiger partial charge in [-0.05, 0) is 32.4 Å². The highest BCUT2D eigenvalue weighted by Crippen LogP contribution is 2.16. The number of hydrogen-bond acceptors (Lipinski definition) is 3. The molecular weight excluding hydrogens is 302 g/mol. The van der Waals surface area contributed by atoms with Gasteiger partial charge in [0.1, 0.15) is 0 Å². The Bertz CT molecular complexity index is 576. The highest BCUT2D eigenvalue weighted by Gasteiger charge is 2.20. The number of anilines is 1. The van der Waals surface area contributed by atoms with E-state index in [9.17, 15) is 9.59 Å². The van der Waals surface area contributed by atoms with Gasteiger partial charge in [-0.25, -0.2) is 0 Å². The lowest BCUT2D eigenvalue weighted by atomic mass is 9.96. The molecule has 2 amide bonds. The van der Waals surface area contributed by atoms with Crippen LogP contribution in [0.4, 0.5) is 5.69 Å². The molecule has 0 heterocycles. The summed E-state index contributed by atoms with van der Waals surface area (Å²) in [4.78, 5) is 23.9. The molecule has 0 aliphatic carbocycles. The summed E-state index contributed by atoms with van der Waals surface area (Å²) >= 11 is 0. The molecule has 1 rings (SSSR count). The molecule has 0 aliphatic heterocycles. The summed E-state index contributed by atoms with van der Waals surface area (Å²) in [6.07, 6.45) is 0.389. The smallest absolute Gasteiger partial charge is 0.225 e. The van der Waals surface area contributed by atoms with Crippen molar-refractivity contribution in [3.05, 3.63) is 29.3 Å². The molecule has 0 fully saturated rings. The van der Waals surface area contributed by atoms with E-state index in [1.807, 2.05) is 53.7 Å². The van der Waals surface area contributed by atoms with E-state index in [0.29, 0.717) is 19.5 Å². The number of aryl methyl sites for hydroxylation is 2. The number of carbonyl (C=O) groups excluding carboxylic acids is 2. The molecule has 24 heavy (non-hydrogen) atoms. The molecule has 5 nitrogen and oxygen atoms in total. The summed E-state index contributed by atoms with van der Waals surface area (Å²) in [5.74, 6) is 0.0187. The fourth-order valence-corrected chi connectivity index (χ4v) is 2.27. The lowest BCUT2D eigenvalue weighted by Crippen LogP contribution is -2.41. The Morgan fingerprint density at radius 2 is 1.79 bits per heavy atom. The number of benzene rings is 1. The fourth-order valence-electron chi connectivity index (χ4n) is 2.27. The van der Waals surface area contributed by atoms with Crippen molar-refractivity contribution in [3.63, 3.8) is 0 Å². The Kier molecular flexibility index (Phi) is 7.42. The monoisotopic (exact) mass is 333 g/mol. The molecule has 0 aliphatic rings. The molecular formula is C19H31N3O2. The number of carbonyl (C=O) groups is 2. The van der Waals surface area contributed by atoms with E-state index in [-0.39, 0.29) is 23.3 Å². The zero-order valence-corrected chi connectivity index (χ0v) is 15.7. The first-order valence-electron chi connectivity index (χ1n) is 8.48. The average Bonchev–Trinajstić information content (AvgIpc) is 2.45. The second-order valence-corrected chi connectivity index (χ2v) is 7.43. The lowest BCUT2D eigenvalue weighted by Gasteiger charge is -2.19. The Labute approximate surface area is 145 Å². The minimum absolute atomic E-state index is 0.0133. The van der Waals surface area contributed by atoms with E-state index in [1.54, 1.807) is 0 Å². The molecule has 0 aromatic heterocycles. The van der Waals surface area contributed by atoms with E-state index in [4.69, 9.17) is 0 Å². The molecule has 1 aromatic rings. The maximum Gasteiger partial charge on any atom is 0.225 e. The Morgan fingerprint density at radius 3 is 2.38 bits per heavy atom. The Balaban J connectivity index is 2.30. The van der Waals surface area contributed by atoms with Crippen LogP contribution in [0.15, 0.2) is 18.2 Å². The van der Waals surface area contributed by atoms with E-state index in [2.05, 4.69) is 22.0 Å². The van der Waals surface area contributed by atoms with Crippen molar-refractivity contribution in [1.82, 2.24) is 10.6 Å². The molecule has 3 N–H and O–H groups in total. The lowest BCUT2D eigenvalue weighted by molar-refractivity contribution is -0.128. The van der Waals surface area contributed by atoms with Crippen LogP contribution in [0.2, 0.25) is 0 Å². The zero-order valence-electron chi connectivity index (χ0n) is 15.7. The van der Waals surface area contributed by atoms with Gasteiger partial charge >= 0.3 is 0 Å². The molecule has 1 aromatic carbocycles. The van der Waals surface area contributed by atoms with Crippen LogP contribution in [0.5, 0.6) is 0 Å². The van der Waals surface area contributed by atoms with Crippen molar-refractivity contribution in [2.75, 3.05) is 18.4 Å². The van der Waals surface area contributed by atoms with Gasteiger partial charge in [-0.1, -0.05) is 38.5 Å². The molecule has 0 radical (unpaired) electrons. The third kappa shape index (κ3) is 7.13. The maximum atomic E-state index is 12.1. The summed E-state index contributed by atoms with van der Waals surface area (Å²) in [5.41, 5.74) is 2.72. The van der Waals surface area contributed by atoms with Gasteiger partial charge in [0, 0.05) is 36.7 Å². The summed E-state index contributed by atoms with van der Waals surface area (Å²) < 4.78 is 0. The van der Waals surface area contributed by atoms with Gasteiger partial charge in [0.05, 0.1) is 0 Å². The summed E-state index contributed by atoms with van der Waals surface area (Å²) in [7, 11) is 0. The van der Waals surface area contributed by atoms with E-state index < -0.39 is 0 Å². The molecule has 0 bridgehead atoms. The van der Waals surface area contributed by atoms with E-state index >= 15 is 0 Å². The summed E-state index contributed by atoms with van der Waals surface area (Å²) in [5, 5.41) is 9.08. The van der Waals surface area contributed by atoms with Crippen LogP contribution in [0.3, 0.4) is 0 Å². The normalized spacial score (nSPS) is 12.6. The Morgan fingerprint density at radius 1 is 1.12 bits per heavy atom. The van der Waals surface area contributed by atoms with Crippen molar-refractivity contribution in [2.24, 2.45) is 5.41 Å². The number of nitrogens with one attached hydrogen (secondary N) is 3. The van der Waals surface area contributed by atoms with Gasteiger partial charge < -0.3 is 16.0 Å². The van der Waals surface area contributed by atoms with Crippen molar-refractivity contribution in [1.29, 1.82) is 0 Å². The van der Waals surface area contributed by atoms with E-state index in [1.165, 1.54) is 5.56 Å². The SMILES string of the molecule is Cc1ccc(NC(=O)C[C@H](C)NCCNC(=O)C(C)(C)C)c(C)c1. The van der Waals surface area contributed by atoms with Gasteiger partial charge in [-0.2, -0.15) is 0 Å². The van der Waals surface area contributed by atoms with Crippen LogP contribution in [-0.2, 0) is 9.59 Å². The highest BCUT2D eigenvalue weighted by molar-refractivity contribution is 5.91. The molecule has 0 unspecified atom stereocenters. The minimum atomic E-state index is -0.378. The van der Waals surface area contributed by atoms with Crippen molar-refractivity contribution in [3.8, 4) is 0 Å². The van der Waals surface area contributed by atoms with Crippen LogP contribution in [-0.4, -0.2) is 30.9 Å². The molecule has 134 valence electrons.